The molecule has 0 saturated carbocycles. The normalized spacial score (nSPS) is 12.6. The molecule has 25 heavy (non-hydrogen) atoms. The first-order valence-electron chi connectivity index (χ1n) is 8.78. The second-order valence-corrected chi connectivity index (χ2v) is 6.69. The van der Waals surface area contributed by atoms with Crippen LogP contribution in [0, 0.1) is 5.92 Å². The second kappa shape index (κ2) is 9.92. The fourth-order valence-corrected chi connectivity index (χ4v) is 2.34. The molecule has 4 heteroatoms. The number of carbonyl (C=O) groups is 1. The number of Topliss-reactive ketones (excluding diaryl/α,β-unsaturated/α-hetero) is 1. The molecule has 0 amide bonds. The predicted octanol–water partition coefficient (Wildman–Crippen LogP) is 5.40. The summed E-state index contributed by atoms with van der Waals surface area (Å²) in [6, 6.07) is 2.55. The van der Waals surface area contributed by atoms with E-state index in [2.05, 4.69) is 19.9 Å². The molecule has 0 bridgehead atoms. The molecule has 4 nitrogen and oxygen atoms in total. The third-order valence-corrected chi connectivity index (χ3v) is 4.13. The molecule has 0 aliphatic rings. The Hall–Kier alpha value is -2.23. The quantitative estimate of drug-likeness (QED) is 0.464. The third kappa shape index (κ3) is 6.65. The first-order valence-corrected chi connectivity index (χ1v) is 8.78. The smallest absolute Gasteiger partial charge is 0.173 e. The van der Waals surface area contributed by atoms with E-state index in [1.54, 1.807) is 0 Å². The number of phenols is 2. The van der Waals surface area contributed by atoms with Crippen molar-refractivity contribution in [2.24, 2.45) is 5.92 Å². The highest BCUT2D eigenvalue weighted by Gasteiger charge is 2.23. The average Bonchev–Trinajstić information content (AvgIpc) is 2.52. The SMILES string of the molecule is CCC(C)C(=O)c1c(O)cc(O)cc1OC/C=C(\C)CCC=C(C)C. The van der Waals surface area contributed by atoms with E-state index in [0.29, 0.717) is 6.42 Å². The number of benzene rings is 1. The summed E-state index contributed by atoms with van der Waals surface area (Å²) in [5.74, 6) is -0.559. The first kappa shape index (κ1) is 20.8. The summed E-state index contributed by atoms with van der Waals surface area (Å²) < 4.78 is 5.68. The molecule has 0 aromatic heterocycles. The van der Waals surface area contributed by atoms with E-state index < -0.39 is 0 Å². The second-order valence-electron chi connectivity index (χ2n) is 6.69. The van der Waals surface area contributed by atoms with Crippen LogP contribution in [0.1, 0.15) is 64.2 Å². The largest absolute Gasteiger partial charge is 0.508 e. The van der Waals surface area contributed by atoms with Crippen LogP contribution in [0.5, 0.6) is 17.2 Å². The van der Waals surface area contributed by atoms with Gasteiger partial charge in [0.2, 0.25) is 0 Å². The van der Waals surface area contributed by atoms with Gasteiger partial charge in [0.25, 0.3) is 0 Å². The fraction of sp³-hybridized carbons (Fsp3) is 0.476. The lowest BCUT2D eigenvalue weighted by Crippen LogP contribution is -2.12. The van der Waals surface area contributed by atoms with Gasteiger partial charge in [-0.25, -0.2) is 0 Å². The van der Waals surface area contributed by atoms with Crippen molar-refractivity contribution < 1.29 is 19.7 Å². The predicted molar refractivity (Wildman–Crippen MR) is 101 cm³/mol. The Kier molecular flexibility index (Phi) is 8.26. The number of hydrogen-bond donors (Lipinski definition) is 2. The molecular formula is C21H30O4. The number of hydrogen-bond acceptors (Lipinski definition) is 4. The number of phenolic OH excluding ortho intramolecular Hbond substituents is 2. The lowest BCUT2D eigenvalue weighted by Gasteiger charge is -2.15. The third-order valence-electron chi connectivity index (χ3n) is 4.13. The van der Waals surface area contributed by atoms with E-state index in [0.717, 1.165) is 12.8 Å². The summed E-state index contributed by atoms with van der Waals surface area (Å²) in [7, 11) is 0. The van der Waals surface area contributed by atoms with Crippen molar-refractivity contribution >= 4 is 5.78 Å². The fourth-order valence-electron chi connectivity index (χ4n) is 2.34. The van der Waals surface area contributed by atoms with E-state index in [1.807, 2.05) is 26.8 Å². The molecule has 1 atom stereocenters. The zero-order chi connectivity index (χ0) is 19.0. The average molecular weight is 346 g/mol. The molecule has 0 aliphatic heterocycles. The lowest BCUT2D eigenvalue weighted by molar-refractivity contribution is 0.0920. The van der Waals surface area contributed by atoms with Crippen LogP contribution in [0.15, 0.2) is 35.4 Å². The standard InChI is InChI=1S/C21H30O4/c1-6-16(5)21(24)20-18(23)12-17(22)13-19(20)25-11-10-15(4)9-7-8-14(2)3/h8,10,12-13,16,22-23H,6-7,9,11H2,1-5H3/b15-10+. The summed E-state index contributed by atoms with van der Waals surface area (Å²) in [5.41, 5.74) is 2.63. The van der Waals surface area contributed by atoms with Gasteiger partial charge in [0.05, 0.1) is 0 Å². The van der Waals surface area contributed by atoms with Gasteiger partial charge >= 0.3 is 0 Å². The van der Waals surface area contributed by atoms with Gasteiger partial charge in [0.1, 0.15) is 29.4 Å². The first-order chi connectivity index (χ1) is 11.8. The van der Waals surface area contributed by atoms with Gasteiger partial charge in [-0.05, 0) is 46.1 Å². The lowest BCUT2D eigenvalue weighted by atomic mass is 9.95. The van der Waals surface area contributed by atoms with E-state index >= 15 is 0 Å². The summed E-state index contributed by atoms with van der Waals surface area (Å²) in [5, 5.41) is 19.8. The summed E-state index contributed by atoms with van der Waals surface area (Å²) in [4.78, 5) is 12.5. The Bertz CT molecular complexity index is 652. The molecule has 0 radical (unpaired) electrons. The molecule has 0 heterocycles. The molecule has 0 fully saturated rings. The van der Waals surface area contributed by atoms with Crippen molar-refractivity contribution in [1.29, 1.82) is 0 Å². The van der Waals surface area contributed by atoms with Crippen LogP contribution in [0.2, 0.25) is 0 Å². The number of carbonyl (C=O) groups excluding carboxylic acids is 1. The van der Waals surface area contributed by atoms with Gasteiger partial charge in [-0.15, -0.1) is 0 Å². The molecule has 138 valence electrons. The molecule has 2 N–H and O–H groups in total. The van der Waals surface area contributed by atoms with Crippen molar-refractivity contribution in [3.05, 3.63) is 41.0 Å². The Balaban J connectivity index is 2.87. The monoisotopic (exact) mass is 346 g/mol. The number of ketones is 1. The Morgan fingerprint density at radius 1 is 1.20 bits per heavy atom. The summed E-state index contributed by atoms with van der Waals surface area (Å²) in [6.07, 6.45) is 6.74. The van der Waals surface area contributed by atoms with E-state index in [1.165, 1.54) is 23.3 Å². The zero-order valence-electron chi connectivity index (χ0n) is 15.9. The van der Waals surface area contributed by atoms with Crippen LogP contribution < -0.4 is 4.74 Å². The van der Waals surface area contributed by atoms with E-state index in [9.17, 15) is 15.0 Å². The molecule has 1 aromatic carbocycles. The van der Waals surface area contributed by atoms with E-state index in [4.69, 9.17) is 4.74 Å². The van der Waals surface area contributed by atoms with Crippen molar-refractivity contribution in [1.82, 2.24) is 0 Å². The highest BCUT2D eigenvalue weighted by Crippen LogP contribution is 2.35. The number of aromatic hydroxyl groups is 2. The van der Waals surface area contributed by atoms with Crippen molar-refractivity contribution in [2.75, 3.05) is 6.61 Å². The van der Waals surface area contributed by atoms with Gasteiger partial charge in [-0.3, -0.25) is 4.79 Å². The topological polar surface area (TPSA) is 66.8 Å². The van der Waals surface area contributed by atoms with Crippen LogP contribution in [-0.2, 0) is 0 Å². The Morgan fingerprint density at radius 2 is 1.88 bits per heavy atom. The van der Waals surface area contributed by atoms with Crippen LogP contribution >= 0.6 is 0 Å². The molecule has 1 aromatic rings. The Morgan fingerprint density at radius 3 is 2.48 bits per heavy atom. The van der Waals surface area contributed by atoms with Crippen molar-refractivity contribution in [3.8, 4) is 17.2 Å². The molecule has 1 unspecified atom stereocenters. The maximum atomic E-state index is 12.5. The maximum absolute atomic E-state index is 12.5. The minimum Gasteiger partial charge on any atom is -0.508 e. The van der Waals surface area contributed by atoms with Gasteiger partial charge in [0.15, 0.2) is 5.78 Å². The Labute approximate surface area is 150 Å². The summed E-state index contributed by atoms with van der Waals surface area (Å²) >= 11 is 0. The van der Waals surface area contributed by atoms with Gasteiger partial charge in [-0.1, -0.05) is 31.1 Å². The molecule has 0 aliphatic carbocycles. The minimum absolute atomic E-state index is 0.127. The zero-order valence-corrected chi connectivity index (χ0v) is 15.9. The highest BCUT2D eigenvalue weighted by molar-refractivity contribution is 6.02. The molecule has 0 saturated heterocycles. The summed E-state index contributed by atoms with van der Waals surface area (Å²) in [6.45, 7) is 10.2. The van der Waals surface area contributed by atoms with Crippen molar-refractivity contribution in [2.45, 2.75) is 53.9 Å². The number of allylic oxidation sites excluding steroid dienone is 3. The van der Waals surface area contributed by atoms with Crippen LogP contribution in [-0.4, -0.2) is 22.6 Å². The molecule has 1 rings (SSSR count). The van der Waals surface area contributed by atoms with E-state index in [-0.39, 0.29) is 41.1 Å². The van der Waals surface area contributed by atoms with Crippen LogP contribution in [0.25, 0.3) is 0 Å². The van der Waals surface area contributed by atoms with Gasteiger partial charge in [0, 0.05) is 18.1 Å². The van der Waals surface area contributed by atoms with Crippen LogP contribution in [0.3, 0.4) is 0 Å². The number of rotatable bonds is 9. The highest BCUT2D eigenvalue weighted by atomic mass is 16.5. The number of ether oxygens (including phenoxy) is 1. The molecule has 0 spiro atoms. The molecular weight excluding hydrogens is 316 g/mol. The van der Waals surface area contributed by atoms with Gasteiger partial charge in [-0.2, -0.15) is 0 Å². The van der Waals surface area contributed by atoms with Gasteiger partial charge < -0.3 is 14.9 Å². The maximum Gasteiger partial charge on any atom is 0.173 e. The van der Waals surface area contributed by atoms with Crippen LogP contribution in [0.4, 0.5) is 0 Å². The minimum atomic E-state index is -0.246. The van der Waals surface area contributed by atoms with Crippen molar-refractivity contribution in [3.63, 3.8) is 0 Å².